The van der Waals surface area contributed by atoms with Crippen LogP contribution < -0.4 is 0 Å². The van der Waals surface area contributed by atoms with Gasteiger partial charge in [-0.05, 0) is 5.92 Å². The average molecular weight is 325 g/mol. The first-order valence-electron chi connectivity index (χ1n) is 11.3. The largest absolute Gasteiger partial charge is 0.0654 e. The summed E-state index contributed by atoms with van der Waals surface area (Å²) >= 11 is 0. The Labute approximate surface area is 149 Å². The highest BCUT2D eigenvalue weighted by atomic mass is 14.1. The SMILES string of the molecule is CCCCCCCCCCCCCC[C@H](C)CCCCCCC. The Balaban J connectivity index is 3.08. The van der Waals surface area contributed by atoms with E-state index in [0.29, 0.717) is 0 Å². The van der Waals surface area contributed by atoms with E-state index in [1.165, 1.54) is 122 Å². The number of hydrogen-bond donors (Lipinski definition) is 0. The molecular weight excluding hydrogens is 276 g/mol. The molecule has 0 bridgehead atoms. The van der Waals surface area contributed by atoms with E-state index in [2.05, 4.69) is 20.8 Å². The Kier molecular flexibility index (Phi) is 20.0. The lowest BCUT2D eigenvalue weighted by atomic mass is 9.96. The molecule has 0 aliphatic carbocycles. The summed E-state index contributed by atoms with van der Waals surface area (Å²) in [6, 6.07) is 0. The number of rotatable bonds is 19. The maximum absolute atomic E-state index is 2.47. The molecule has 0 radical (unpaired) electrons. The van der Waals surface area contributed by atoms with Crippen LogP contribution in [0.3, 0.4) is 0 Å². The van der Waals surface area contributed by atoms with Crippen molar-refractivity contribution in [2.45, 2.75) is 143 Å². The van der Waals surface area contributed by atoms with Crippen LogP contribution in [0.2, 0.25) is 0 Å². The van der Waals surface area contributed by atoms with Gasteiger partial charge in [0, 0.05) is 0 Å². The van der Waals surface area contributed by atoms with E-state index in [4.69, 9.17) is 0 Å². The van der Waals surface area contributed by atoms with Crippen molar-refractivity contribution in [1.82, 2.24) is 0 Å². The summed E-state index contributed by atoms with van der Waals surface area (Å²) in [5, 5.41) is 0. The summed E-state index contributed by atoms with van der Waals surface area (Å²) in [4.78, 5) is 0. The molecule has 0 aromatic carbocycles. The zero-order chi connectivity index (χ0) is 17.0. The van der Waals surface area contributed by atoms with E-state index in [1.807, 2.05) is 0 Å². The van der Waals surface area contributed by atoms with Crippen molar-refractivity contribution in [3.8, 4) is 0 Å². The normalized spacial score (nSPS) is 12.7. The van der Waals surface area contributed by atoms with Crippen LogP contribution in [0.5, 0.6) is 0 Å². The third kappa shape index (κ3) is 20.0. The van der Waals surface area contributed by atoms with Crippen molar-refractivity contribution >= 4 is 0 Å². The molecular formula is C23H48. The fraction of sp³-hybridized carbons (Fsp3) is 1.00. The maximum Gasteiger partial charge on any atom is -0.0443 e. The highest BCUT2D eigenvalue weighted by Crippen LogP contribution is 2.18. The molecule has 0 spiro atoms. The molecule has 0 aliphatic heterocycles. The van der Waals surface area contributed by atoms with Gasteiger partial charge in [-0.25, -0.2) is 0 Å². The first kappa shape index (κ1) is 23.0. The highest BCUT2D eigenvalue weighted by molar-refractivity contribution is 4.56. The fourth-order valence-corrected chi connectivity index (χ4v) is 3.57. The van der Waals surface area contributed by atoms with Gasteiger partial charge >= 0.3 is 0 Å². The van der Waals surface area contributed by atoms with Gasteiger partial charge in [0.1, 0.15) is 0 Å². The smallest absolute Gasteiger partial charge is 0.0443 e. The summed E-state index contributed by atoms with van der Waals surface area (Å²) in [7, 11) is 0. The first-order valence-corrected chi connectivity index (χ1v) is 11.3. The van der Waals surface area contributed by atoms with Crippen molar-refractivity contribution < 1.29 is 0 Å². The van der Waals surface area contributed by atoms with Crippen LogP contribution in [0.15, 0.2) is 0 Å². The zero-order valence-electron chi connectivity index (χ0n) is 17.0. The minimum atomic E-state index is 0.972. The molecule has 1 atom stereocenters. The van der Waals surface area contributed by atoms with Crippen LogP contribution in [-0.4, -0.2) is 0 Å². The van der Waals surface area contributed by atoms with E-state index < -0.39 is 0 Å². The molecule has 140 valence electrons. The molecule has 0 aliphatic rings. The van der Waals surface area contributed by atoms with Crippen LogP contribution in [0.25, 0.3) is 0 Å². The third-order valence-electron chi connectivity index (χ3n) is 5.35. The highest BCUT2D eigenvalue weighted by Gasteiger charge is 2.02. The van der Waals surface area contributed by atoms with Crippen molar-refractivity contribution in [2.75, 3.05) is 0 Å². The Morgan fingerprint density at radius 1 is 0.391 bits per heavy atom. The molecule has 0 fully saturated rings. The molecule has 0 heterocycles. The lowest BCUT2D eigenvalue weighted by Crippen LogP contribution is -1.95. The van der Waals surface area contributed by atoms with Crippen molar-refractivity contribution in [3.63, 3.8) is 0 Å². The van der Waals surface area contributed by atoms with Crippen molar-refractivity contribution in [2.24, 2.45) is 5.92 Å². The van der Waals surface area contributed by atoms with Crippen LogP contribution in [0, 0.1) is 5.92 Å². The predicted octanol–water partition coefficient (Wildman–Crippen LogP) is 9.07. The molecule has 0 rings (SSSR count). The molecule has 0 saturated carbocycles. The lowest BCUT2D eigenvalue weighted by molar-refractivity contribution is 0.431. The van der Waals surface area contributed by atoms with E-state index in [-0.39, 0.29) is 0 Å². The van der Waals surface area contributed by atoms with Gasteiger partial charge in [0.2, 0.25) is 0 Å². The molecule has 0 aromatic heterocycles. The van der Waals surface area contributed by atoms with E-state index in [1.54, 1.807) is 0 Å². The second-order valence-electron chi connectivity index (χ2n) is 7.99. The number of hydrogen-bond acceptors (Lipinski definition) is 0. The zero-order valence-corrected chi connectivity index (χ0v) is 17.0. The van der Waals surface area contributed by atoms with E-state index >= 15 is 0 Å². The van der Waals surface area contributed by atoms with Gasteiger partial charge in [0.15, 0.2) is 0 Å². The van der Waals surface area contributed by atoms with Crippen LogP contribution in [-0.2, 0) is 0 Å². The fourth-order valence-electron chi connectivity index (χ4n) is 3.57. The molecule has 23 heavy (non-hydrogen) atoms. The summed E-state index contributed by atoms with van der Waals surface area (Å²) < 4.78 is 0. The minimum absolute atomic E-state index is 0.972. The topological polar surface area (TPSA) is 0 Å². The summed E-state index contributed by atoms with van der Waals surface area (Å²) in [5.74, 6) is 0.972. The lowest BCUT2D eigenvalue weighted by Gasteiger charge is -2.11. The second-order valence-corrected chi connectivity index (χ2v) is 7.99. The van der Waals surface area contributed by atoms with E-state index in [9.17, 15) is 0 Å². The van der Waals surface area contributed by atoms with Gasteiger partial charge in [-0.15, -0.1) is 0 Å². The van der Waals surface area contributed by atoms with Crippen LogP contribution >= 0.6 is 0 Å². The molecule has 0 amide bonds. The second kappa shape index (κ2) is 20.0. The summed E-state index contributed by atoms with van der Waals surface area (Å²) in [5.41, 5.74) is 0. The van der Waals surface area contributed by atoms with Gasteiger partial charge in [-0.2, -0.15) is 0 Å². The van der Waals surface area contributed by atoms with Gasteiger partial charge in [0.25, 0.3) is 0 Å². The summed E-state index contributed by atoms with van der Waals surface area (Å²) in [6.45, 7) is 7.07. The number of unbranched alkanes of at least 4 members (excludes halogenated alkanes) is 15. The molecule has 0 unspecified atom stereocenters. The van der Waals surface area contributed by atoms with Gasteiger partial charge in [0.05, 0.1) is 0 Å². The molecule has 0 aromatic rings. The van der Waals surface area contributed by atoms with Crippen molar-refractivity contribution in [3.05, 3.63) is 0 Å². The van der Waals surface area contributed by atoms with E-state index in [0.717, 1.165) is 5.92 Å². The quantitative estimate of drug-likeness (QED) is 0.208. The molecule has 0 nitrogen and oxygen atoms in total. The van der Waals surface area contributed by atoms with Crippen LogP contribution in [0.4, 0.5) is 0 Å². The maximum atomic E-state index is 2.47. The first-order chi connectivity index (χ1) is 11.3. The van der Waals surface area contributed by atoms with Crippen molar-refractivity contribution in [1.29, 1.82) is 0 Å². The summed E-state index contributed by atoms with van der Waals surface area (Å²) in [6.07, 6.45) is 27.8. The van der Waals surface area contributed by atoms with Crippen LogP contribution in [0.1, 0.15) is 143 Å². The average Bonchev–Trinajstić information content (AvgIpc) is 2.55. The van der Waals surface area contributed by atoms with Gasteiger partial charge in [-0.1, -0.05) is 143 Å². The molecule has 0 heteroatoms. The minimum Gasteiger partial charge on any atom is -0.0654 e. The molecule has 0 saturated heterocycles. The Morgan fingerprint density at radius 2 is 0.652 bits per heavy atom. The third-order valence-corrected chi connectivity index (χ3v) is 5.35. The predicted molar refractivity (Wildman–Crippen MR) is 108 cm³/mol. The Morgan fingerprint density at radius 3 is 0.957 bits per heavy atom. The Bertz CT molecular complexity index is 196. The molecule has 0 N–H and O–H groups in total. The Hall–Kier alpha value is 0. The van der Waals surface area contributed by atoms with Gasteiger partial charge in [-0.3, -0.25) is 0 Å². The van der Waals surface area contributed by atoms with Gasteiger partial charge < -0.3 is 0 Å². The standard InChI is InChI=1S/C23H48/c1-4-6-8-10-11-12-13-14-15-16-18-20-22-23(3)21-19-17-9-7-5-2/h23H,4-22H2,1-3H3/t23-/m1/s1. The monoisotopic (exact) mass is 324 g/mol.